The zero-order chi connectivity index (χ0) is 26.6. The summed E-state index contributed by atoms with van der Waals surface area (Å²) in [5.74, 6) is -1.86. The van der Waals surface area contributed by atoms with Crippen LogP contribution in [0, 0.1) is 0 Å². The van der Waals surface area contributed by atoms with Crippen LogP contribution in [0.2, 0.25) is 0 Å². The smallest absolute Gasteiger partial charge is 0.296 e. The Morgan fingerprint density at radius 1 is 0.639 bits per heavy atom. The highest BCUT2D eigenvalue weighted by Gasteiger charge is 2.25. The Bertz CT molecular complexity index is 1930. The van der Waals surface area contributed by atoms with Crippen LogP contribution in [0.1, 0.15) is 0 Å². The Morgan fingerprint density at radius 2 is 1.25 bits per heavy atom. The average molecular weight is 555 g/mol. The number of hydrogen-bond donors (Lipinski definition) is 5. The molecule has 0 radical (unpaired) electrons. The molecule has 0 spiro atoms. The minimum atomic E-state index is -5.10. The lowest BCUT2D eigenvalue weighted by atomic mass is 10.1. The molecule has 13 nitrogen and oxygen atoms in total. The van der Waals surface area contributed by atoms with E-state index in [0.717, 1.165) is 18.2 Å². The van der Waals surface area contributed by atoms with Crippen LogP contribution in [0.4, 0.5) is 11.4 Å². The number of nitrogens with zero attached hydrogens (tertiary/aromatic N) is 2. The quantitative estimate of drug-likeness (QED) is 0.177. The van der Waals surface area contributed by atoms with E-state index in [2.05, 4.69) is 10.2 Å². The van der Waals surface area contributed by atoms with Gasteiger partial charge in [0.1, 0.15) is 21.2 Å². The summed E-state index contributed by atoms with van der Waals surface area (Å²) >= 11 is 0. The van der Waals surface area contributed by atoms with Gasteiger partial charge in [-0.05, 0) is 29.7 Å². The first-order chi connectivity index (χ1) is 16.6. The Kier molecular flexibility index (Phi) is 5.98. The highest BCUT2D eigenvalue weighted by atomic mass is 32.2. The van der Waals surface area contributed by atoms with E-state index in [-0.39, 0.29) is 21.8 Å². The molecule has 5 N–H and O–H groups in total. The van der Waals surface area contributed by atoms with E-state index in [4.69, 9.17) is 0 Å². The number of benzene rings is 4. The van der Waals surface area contributed by atoms with Gasteiger partial charge in [-0.25, -0.2) is 0 Å². The van der Waals surface area contributed by atoms with Gasteiger partial charge >= 0.3 is 0 Å². The van der Waals surface area contributed by atoms with Crippen molar-refractivity contribution in [1.29, 1.82) is 0 Å². The van der Waals surface area contributed by atoms with Crippen LogP contribution in [0.25, 0.3) is 21.5 Å². The Balaban J connectivity index is 2.01. The van der Waals surface area contributed by atoms with E-state index in [1.54, 1.807) is 0 Å². The van der Waals surface area contributed by atoms with Crippen molar-refractivity contribution in [2.24, 2.45) is 10.2 Å². The molecule has 4 rings (SSSR count). The third kappa shape index (κ3) is 4.60. The molecule has 0 fully saturated rings. The lowest BCUT2D eigenvalue weighted by Gasteiger charge is -2.11. The molecule has 0 unspecified atom stereocenters. The molecule has 0 atom stereocenters. The molecule has 0 saturated carbocycles. The van der Waals surface area contributed by atoms with Crippen LogP contribution in [-0.4, -0.2) is 49.1 Å². The number of azo groups is 1. The normalized spacial score (nSPS) is 13.1. The maximum atomic E-state index is 12.0. The van der Waals surface area contributed by atoms with E-state index in [9.17, 15) is 49.1 Å². The summed E-state index contributed by atoms with van der Waals surface area (Å²) in [7, 11) is -14.5. The summed E-state index contributed by atoms with van der Waals surface area (Å²) in [6.07, 6.45) is 0. The van der Waals surface area contributed by atoms with Crippen molar-refractivity contribution in [3.05, 3.63) is 54.6 Å². The number of fused-ring (bicyclic) bond motifs is 2. The molecular weight excluding hydrogens is 540 g/mol. The van der Waals surface area contributed by atoms with E-state index >= 15 is 0 Å². The van der Waals surface area contributed by atoms with E-state index in [0.29, 0.717) is 12.1 Å². The van der Waals surface area contributed by atoms with Crippen LogP contribution >= 0.6 is 0 Å². The monoisotopic (exact) mass is 554 g/mol. The first-order valence-corrected chi connectivity index (χ1v) is 13.8. The average Bonchev–Trinajstić information content (AvgIpc) is 2.75. The Labute approximate surface area is 203 Å². The van der Waals surface area contributed by atoms with Crippen LogP contribution in [0.5, 0.6) is 11.5 Å². The first kappa shape index (κ1) is 25.4. The fraction of sp³-hybridized carbons (Fsp3) is 0. The number of hydrogen-bond acceptors (Lipinski definition) is 10. The van der Waals surface area contributed by atoms with Crippen LogP contribution < -0.4 is 0 Å². The third-order valence-corrected chi connectivity index (χ3v) is 7.69. The van der Waals surface area contributed by atoms with E-state index in [1.807, 2.05) is 0 Å². The summed E-state index contributed by atoms with van der Waals surface area (Å²) in [5, 5.41) is 27.9. The number of phenolic OH excluding ortho intramolecular Hbond substituents is 2. The zero-order valence-corrected chi connectivity index (χ0v) is 20.0. The van der Waals surface area contributed by atoms with Gasteiger partial charge in [0.15, 0.2) is 5.75 Å². The van der Waals surface area contributed by atoms with Crippen molar-refractivity contribution in [2.75, 3.05) is 0 Å². The van der Waals surface area contributed by atoms with Crippen molar-refractivity contribution >= 4 is 63.3 Å². The topological polar surface area (TPSA) is 228 Å². The number of rotatable bonds is 5. The summed E-state index contributed by atoms with van der Waals surface area (Å²) < 4.78 is 98.6. The Hall–Kier alpha value is -3.67. The number of aromatic hydroxyl groups is 2. The molecular formula is C20H14N2O11S3. The SMILES string of the molecule is O=S(=O)(O)c1cc(O)c2c(O)c(/N=N/c3ccc(S(=O)(=O)O)c4ccccc34)c(S(=O)(=O)O)cc2c1. The van der Waals surface area contributed by atoms with Crippen LogP contribution in [0.3, 0.4) is 0 Å². The van der Waals surface area contributed by atoms with Gasteiger partial charge in [-0.1, -0.05) is 24.3 Å². The molecule has 36 heavy (non-hydrogen) atoms. The molecule has 0 bridgehead atoms. The molecule has 4 aromatic rings. The van der Waals surface area contributed by atoms with Gasteiger partial charge in [-0.3, -0.25) is 13.7 Å². The number of phenols is 2. The van der Waals surface area contributed by atoms with E-state index < -0.39 is 67.6 Å². The summed E-state index contributed by atoms with van der Waals surface area (Å²) in [5.41, 5.74) is -0.854. The molecule has 4 aromatic carbocycles. The lowest BCUT2D eigenvalue weighted by molar-refractivity contribution is 0.457. The van der Waals surface area contributed by atoms with Crippen LogP contribution in [0.15, 0.2) is 79.5 Å². The fourth-order valence-corrected chi connectivity index (χ4v) is 5.44. The van der Waals surface area contributed by atoms with E-state index in [1.165, 1.54) is 24.3 Å². The lowest BCUT2D eigenvalue weighted by Crippen LogP contribution is -2.01. The van der Waals surface area contributed by atoms with Crippen molar-refractivity contribution in [1.82, 2.24) is 0 Å². The molecule has 16 heteroatoms. The summed E-state index contributed by atoms with van der Waals surface area (Å²) in [6.45, 7) is 0. The largest absolute Gasteiger partial charge is 0.507 e. The minimum Gasteiger partial charge on any atom is -0.507 e. The molecule has 0 amide bonds. The highest BCUT2D eigenvalue weighted by Crippen LogP contribution is 2.45. The highest BCUT2D eigenvalue weighted by molar-refractivity contribution is 7.86. The minimum absolute atomic E-state index is 0.0234. The van der Waals surface area contributed by atoms with Gasteiger partial charge in [0, 0.05) is 16.8 Å². The van der Waals surface area contributed by atoms with Gasteiger partial charge in [0.2, 0.25) is 0 Å². The van der Waals surface area contributed by atoms with Crippen molar-refractivity contribution in [3.8, 4) is 11.5 Å². The molecule has 188 valence electrons. The second-order valence-corrected chi connectivity index (χ2v) is 11.6. The molecule has 0 saturated heterocycles. The van der Waals surface area contributed by atoms with Gasteiger partial charge in [0.25, 0.3) is 30.4 Å². The summed E-state index contributed by atoms with van der Waals surface area (Å²) in [4.78, 5) is -2.25. The molecule has 0 aromatic heterocycles. The standard InChI is InChI=1S/C20H14N2O11S3/c23-15-9-11(34(25,26)27)7-10-8-17(36(31,32)33)19(20(24)18(10)15)22-21-14-5-6-16(35(28,29)30)13-4-2-1-3-12(13)14/h1-9,23-24H,(H,25,26,27)(H,28,29,30)(H,31,32,33)/b22-21+. The Morgan fingerprint density at radius 3 is 1.83 bits per heavy atom. The van der Waals surface area contributed by atoms with Gasteiger partial charge in [-0.15, -0.1) is 10.2 Å². The fourth-order valence-electron chi connectivity index (χ4n) is 3.55. The summed E-state index contributed by atoms with van der Waals surface area (Å²) in [6, 6.07) is 10.1. The van der Waals surface area contributed by atoms with Crippen LogP contribution in [-0.2, 0) is 30.4 Å². The molecule has 0 aliphatic rings. The molecule has 0 aliphatic carbocycles. The van der Waals surface area contributed by atoms with Gasteiger partial charge < -0.3 is 10.2 Å². The van der Waals surface area contributed by atoms with Gasteiger partial charge in [-0.2, -0.15) is 25.3 Å². The third-order valence-electron chi connectivity index (χ3n) is 5.08. The zero-order valence-electron chi connectivity index (χ0n) is 17.5. The van der Waals surface area contributed by atoms with Crippen molar-refractivity contribution in [2.45, 2.75) is 14.7 Å². The second kappa shape index (κ2) is 8.47. The van der Waals surface area contributed by atoms with Gasteiger partial charge in [0.05, 0.1) is 16.0 Å². The maximum absolute atomic E-state index is 12.0. The maximum Gasteiger partial charge on any atom is 0.296 e. The predicted octanol–water partition coefficient (Wildman–Crippen LogP) is 3.56. The molecule has 0 aliphatic heterocycles. The van der Waals surface area contributed by atoms with Crippen molar-refractivity contribution < 1.29 is 49.1 Å². The second-order valence-electron chi connectivity index (χ2n) is 7.37. The van der Waals surface area contributed by atoms with Crippen molar-refractivity contribution in [3.63, 3.8) is 0 Å². The predicted molar refractivity (Wildman–Crippen MR) is 125 cm³/mol. The first-order valence-electron chi connectivity index (χ1n) is 9.47. The molecule has 0 heterocycles.